The Balaban J connectivity index is 1.78. The summed E-state index contributed by atoms with van der Waals surface area (Å²) in [5.41, 5.74) is 1.26. The number of rotatable bonds is 2. The first kappa shape index (κ1) is 18.6. The maximum atomic E-state index is 13.1. The van der Waals surface area contributed by atoms with Crippen LogP contribution in [0.4, 0.5) is 13.2 Å². The molecule has 4 aromatic rings. The molecule has 1 N–H and O–H groups in total. The molecular weight excluding hydrogens is 439 g/mol. The van der Waals surface area contributed by atoms with Crippen LogP contribution in [0.5, 0.6) is 0 Å². The van der Waals surface area contributed by atoms with Crippen molar-refractivity contribution in [2.75, 3.05) is 0 Å². The summed E-state index contributed by atoms with van der Waals surface area (Å²) in [7, 11) is 0. The summed E-state index contributed by atoms with van der Waals surface area (Å²) in [4.78, 5) is 27.9. The summed E-state index contributed by atoms with van der Waals surface area (Å²) in [6.07, 6.45) is -0.825. The van der Waals surface area contributed by atoms with E-state index >= 15 is 0 Å². The van der Waals surface area contributed by atoms with Crippen LogP contribution in [-0.2, 0) is 12.6 Å². The third kappa shape index (κ3) is 3.17. The van der Waals surface area contributed by atoms with Crippen molar-refractivity contribution in [1.82, 2.24) is 24.3 Å². The minimum atomic E-state index is -4.57. The smallest absolute Gasteiger partial charge is 0.310 e. The fourth-order valence-electron chi connectivity index (χ4n) is 2.96. The summed E-state index contributed by atoms with van der Waals surface area (Å²) in [6.45, 7) is 3.89. The molecule has 0 unspecified atom stereocenters. The van der Waals surface area contributed by atoms with Crippen LogP contribution in [-0.4, -0.2) is 24.3 Å². The van der Waals surface area contributed by atoms with Crippen LogP contribution in [0.2, 0.25) is 0 Å². The van der Waals surface area contributed by atoms with E-state index in [1.54, 1.807) is 12.4 Å². The highest BCUT2D eigenvalue weighted by atomic mass is 79.9. The van der Waals surface area contributed by atoms with Gasteiger partial charge in [0.2, 0.25) is 5.78 Å². The van der Waals surface area contributed by atoms with Crippen molar-refractivity contribution in [3.63, 3.8) is 0 Å². The number of aromatic amines is 1. The van der Waals surface area contributed by atoms with E-state index in [2.05, 4.69) is 35.9 Å². The van der Waals surface area contributed by atoms with Crippen molar-refractivity contribution in [2.45, 2.75) is 26.4 Å². The number of aromatic nitrogens is 5. The molecule has 3 heterocycles. The molecule has 0 atom stereocenters. The van der Waals surface area contributed by atoms with Crippen LogP contribution in [0.15, 0.2) is 33.8 Å². The molecule has 10 heteroatoms. The Kier molecular flexibility index (Phi) is 4.25. The molecule has 4 rings (SSSR count). The van der Waals surface area contributed by atoms with E-state index in [-0.39, 0.29) is 21.8 Å². The zero-order valence-corrected chi connectivity index (χ0v) is 16.3. The third-order valence-corrected chi connectivity index (χ3v) is 5.20. The van der Waals surface area contributed by atoms with Gasteiger partial charge in [0, 0.05) is 29.0 Å². The van der Waals surface area contributed by atoms with E-state index < -0.39 is 17.3 Å². The number of alkyl halides is 3. The Morgan fingerprint density at radius 1 is 1.21 bits per heavy atom. The Bertz CT molecular complexity index is 1290. The molecule has 6 nitrogen and oxygen atoms in total. The highest BCUT2D eigenvalue weighted by Crippen LogP contribution is 2.36. The van der Waals surface area contributed by atoms with Gasteiger partial charge in [-0.3, -0.25) is 9.20 Å². The van der Waals surface area contributed by atoms with Gasteiger partial charge in [-0.25, -0.2) is 15.0 Å². The second-order valence-corrected chi connectivity index (χ2v) is 7.32. The lowest BCUT2D eigenvalue weighted by atomic mass is 10.1. The van der Waals surface area contributed by atoms with Gasteiger partial charge in [0.15, 0.2) is 0 Å². The highest BCUT2D eigenvalue weighted by Gasteiger charge is 2.33. The maximum Gasteiger partial charge on any atom is 0.417 e. The van der Waals surface area contributed by atoms with Gasteiger partial charge in [0.25, 0.3) is 5.56 Å². The maximum absolute atomic E-state index is 13.1. The molecule has 0 aliphatic heterocycles. The monoisotopic (exact) mass is 451 g/mol. The molecule has 0 aliphatic carbocycles. The van der Waals surface area contributed by atoms with Crippen LogP contribution in [0.25, 0.3) is 16.7 Å². The van der Waals surface area contributed by atoms with Crippen LogP contribution in [0, 0.1) is 13.8 Å². The lowest BCUT2D eigenvalue weighted by Crippen LogP contribution is -2.14. The van der Waals surface area contributed by atoms with E-state index in [4.69, 9.17) is 0 Å². The third-order valence-electron chi connectivity index (χ3n) is 4.54. The Labute approximate surface area is 164 Å². The van der Waals surface area contributed by atoms with Crippen LogP contribution in [0.1, 0.15) is 28.3 Å². The van der Waals surface area contributed by atoms with Gasteiger partial charge < -0.3 is 4.98 Å². The molecule has 0 saturated heterocycles. The van der Waals surface area contributed by atoms with E-state index in [1.165, 1.54) is 6.07 Å². The summed E-state index contributed by atoms with van der Waals surface area (Å²) in [5.74, 6) is 0.834. The fraction of sp³-hybridized carbons (Fsp3) is 0.222. The van der Waals surface area contributed by atoms with Crippen LogP contribution >= 0.6 is 15.9 Å². The Morgan fingerprint density at radius 3 is 2.68 bits per heavy atom. The number of imidazole rings is 1. The number of halogens is 4. The molecule has 28 heavy (non-hydrogen) atoms. The predicted octanol–water partition coefficient (Wildman–Crippen LogP) is 3.95. The van der Waals surface area contributed by atoms with Crippen molar-refractivity contribution in [1.29, 1.82) is 0 Å². The number of H-pyrrole nitrogens is 1. The topological polar surface area (TPSA) is 75.9 Å². The molecule has 0 radical (unpaired) electrons. The van der Waals surface area contributed by atoms with Gasteiger partial charge in [0.1, 0.15) is 5.82 Å². The van der Waals surface area contributed by atoms with Crippen LogP contribution < -0.4 is 5.56 Å². The number of fused-ring (bicyclic) bond motifs is 2. The van der Waals surface area contributed by atoms with Crippen LogP contribution in [0.3, 0.4) is 0 Å². The van der Waals surface area contributed by atoms with Gasteiger partial charge in [-0.05, 0) is 31.5 Å². The fourth-order valence-corrected chi connectivity index (χ4v) is 3.52. The molecule has 0 bridgehead atoms. The molecule has 0 aliphatic rings. The van der Waals surface area contributed by atoms with Crippen molar-refractivity contribution >= 4 is 32.6 Å². The molecule has 3 aromatic heterocycles. The van der Waals surface area contributed by atoms with E-state index in [9.17, 15) is 18.0 Å². The zero-order valence-electron chi connectivity index (χ0n) is 14.7. The van der Waals surface area contributed by atoms with Gasteiger partial charge >= 0.3 is 6.18 Å². The largest absolute Gasteiger partial charge is 0.417 e. The predicted molar refractivity (Wildman–Crippen MR) is 100 cm³/mol. The van der Waals surface area contributed by atoms with Crippen molar-refractivity contribution in [3.05, 3.63) is 67.7 Å². The zero-order chi connectivity index (χ0) is 20.2. The first-order chi connectivity index (χ1) is 13.1. The van der Waals surface area contributed by atoms with E-state index in [0.29, 0.717) is 17.3 Å². The summed E-state index contributed by atoms with van der Waals surface area (Å²) in [6, 6.07) is 2.01. The second kappa shape index (κ2) is 6.40. The quantitative estimate of drug-likeness (QED) is 0.500. The molecular formula is C18H13BrF3N5O. The SMILES string of the molecule is Cc1cnc2nc(Cc3nc4cc(Br)c(C(F)(F)F)cc4c(=O)[nH]3)cn2c1C. The molecule has 0 amide bonds. The lowest BCUT2D eigenvalue weighted by Gasteiger charge is -2.10. The Hall–Kier alpha value is -2.75. The van der Waals surface area contributed by atoms with Gasteiger partial charge in [-0.15, -0.1) is 0 Å². The van der Waals surface area contributed by atoms with Gasteiger partial charge in [-0.2, -0.15) is 13.2 Å². The Morgan fingerprint density at radius 2 is 1.96 bits per heavy atom. The van der Waals surface area contributed by atoms with Gasteiger partial charge in [0.05, 0.1) is 22.2 Å². The number of nitrogens with one attached hydrogen (secondary N) is 1. The van der Waals surface area contributed by atoms with Crippen molar-refractivity contribution < 1.29 is 13.2 Å². The highest BCUT2D eigenvalue weighted by molar-refractivity contribution is 9.10. The van der Waals surface area contributed by atoms with Gasteiger partial charge in [-0.1, -0.05) is 15.9 Å². The number of benzene rings is 1. The standard InChI is InChI=1S/C18H13BrF3N5O/c1-8-6-23-17-24-10(7-27(17)9(8)2)3-15-25-14-5-13(19)12(18(20,21)22)4-11(14)16(28)26-15/h4-7H,3H2,1-2H3,(H,25,26,28). The van der Waals surface area contributed by atoms with E-state index in [0.717, 1.165) is 17.3 Å². The second-order valence-electron chi connectivity index (χ2n) is 6.47. The summed E-state index contributed by atoms with van der Waals surface area (Å²) < 4.78 is 40.9. The molecule has 0 saturated carbocycles. The average Bonchev–Trinajstić information content (AvgIpc) is 3.00. The number of aryl methyl sites for hydroxylation is 2. The number of hydrogen-bond acceptors (Lipinski definition) is 4. The van der Waals surface area contributed by atoms with E-state index in [1.807, 2.05) is 18.2 Å². The molecule has 144 valence electrons. The first-order valence-corrected chi connectivity index (χ1v) is 9.02. The van der Waals surface area contributed by atoms with Crippen molar-refractivity contribution in [3.8, 4) is 0 Å². The molecule has 1 aromatic carbocycles. The van der Waals surface area contributed by atoms with Crippen molar-refractivity contribution in [2.24, 2.45) is 0 Å². The summed E-state index contributed by atoms with van der Waals surface area (Å²) in [5, 5.41) is -0.123. The minimum Gasteiger partial charge on any atom is -0.310 e. The minimum absolute atomic E-state index is 0.123. The number of nitrogens with zero attached hydrogens (tertiary/aromatic N) is 4. The molecule has 0 fully saturated rings. The summed E-state index contributed by atoms with van der Waals surface area (Å²) >= 11 is 2.91. The number of hydrogen-bond donors (Lipinski definition) is 1. The normalized spacial score (nSPS) is 12.2. The first-order valence-electron chi connectivity index (χ1n) is 8.23. The average molecular weight is 452 g/mol. The molecule has 0 spiro atoms. The lowest BCUT2D eigenvalue weighted by molar-refractivity contribution is -0.138.